The van der Waals surface area contributed by atoms with E-state index < -0.39 is 21.7 Å². The molecular formula is C35H52N6O4S. The van der Waals surface area contributed by atoms with Gasteiger partial charge in [-0.15, -0.1) is 0 Å². The highest BCUT2D eigenvalue weighted by Crippen LogP contribution is 2.30. The zero-order valence-electron chi connectivity index (χ0n) is 28.3. The second-order valence-corrected chi connectivity index (χ2v) is 16.1. The van der Waals surface area contributed by atoms with Crippen LogP contribution in [0.5, 0.6) is 0 Å². The van der Waals surface area contributed by atoms with E-state index in [1.165, 1.54) is 0 Å². The van der Waals surface area contributed by atoms with Crippen LogP contribution < -0.4 is 20.7 Å². The van der Waals surface area contributed by atoms with Gasteiger partial charge >= 0.3 is 6.09 Å². The van der Waals surface area contributed by atoms with E-state index in [2.05, 4.69) is 41.4 Å². The molecule has 0 bridgehead atoms. The van der Waals surface area contributed by atoms with Gasteiger partial charge in [-0.2, -0.15) is 4.98 Å². The van der Waals surface area contributed by atoms with E-state index in [-0.39, 0.29) is 5.41 Å². The van der Waals surface area contributed by atoms with E-state index >= 15 is 0 Å². The van der Waals surface area contributed by atoms with Crippen molar-refractivity contribution in [2.75, 3.05) is 36.8 Å². The fraction of sp³-hybridized carbons (Fsp3) is 0.571. The molecule has 1 fully saturated rings. The maximum absolute atomic E-state index is 12.9. The van der Waals surface area contributed by atoms with Gasteiger partial charge in [0.2, 0.25) is 16.0 Å². The predicted octanol–water partition coefficient (Wildman–Crippen LogP) is 6.84. The molecule has 1 aliphatic rings. The number of anilines is 2. The molecule has 1 aliphatic carbocycles. The van der Waals surface area contributed by atoms with E-state index in [0.717, 1.165) is 67.4 Å². The lowest BCUT2D eigenvalue weighted by Crippen LogP contribution is -2.33. The fourth-order valence-corrected chi connectivity index (χ4v) is 6.69. The monoisotopic (exact) mass is 652 g/mol. The van der Waals surface area contributed by atoms with Crippen LogP contribution >= 0.6 is 0 Å². The Bertz CT molecular complexity index is 1540. The fourth-order valence-electron chi connectivity index (χ4n) is 5.57. The summed E-state index contributed by atoms with van der Waals surface area (Å²) in [6, 6.07) is 15.2. The first kappa shape index (κ1) is 35.4. The molecule has 0 radical (unpaired) electrons. The molecule has 0 spiro atoms. The number of sulfonamides is 1. The molecule has 0 atom stereocenters. The highest BCUT2D eigenvalue weighted by atomic mass is 32.2. The molecule has 3 aromatic rings. The van der Waals surface area contributed by atoms with Crippen molar-refractivity contribution in [2.45, 2.75) is 96.0 Å². The van der Waals surface area contributed by atoms with Gasteiger partial charge in [-0.25, -0.2) is 22.9 Å². The zero-order valence-corrected chi connectivity index (χ0v) is 29.1. The summed E-state index contributed by atoms with van der Waals surface area (Å²) in [5, 5.41) is 10.7. The number of benzene rings is 2. The number of hydrogen-bond donors (Lipinski definition) is 4. The highest BCUT2D eigenvalue weighted by Gasteiger charge is 2.24. The van der Waals surface area contributed by atoms with Crippen LogP contribution in [0.3, 0.4) is 0 Å². The number of ether oxygens (including phenoxy) is 1. The summed E-state index contributed by atoms with van der Waals surface area (Å²) < 4.78 is 33.9. The number of rotatable bonds is 13. The van der Waals surface area contributed by atoms with Gasteiger partial charge in [-0.3, -0.25) is 0 Å². The van der Waals surface area contributed by atoms with E-state index in [0.29, 0.717) is 42.3 Å². The van der Waals surface area contributed by atoms with Crippen LogP contribution in [-0.2, 0) is 20.2 Å². The van der Waals surface area contributed by atoms with Crippen LogP contribution in [0.4, 0.5) is 16.6 Å². The summed E-state index contributed by atoms with van der Waals surface area (Å²) in [4.78, 5) is 21.7. The number of carbonyl (C=O) groups is 1. The summed E-state index contributed by atoms with van der Waals surface area (Å²) >= 11 is 0. The number of amides is 1. The lowest BCUT2D eigenvalue weighted by Gasteiger charge is -2.28. The van der Waals surface area contributed by atoms with Crippen molar-refractivity contribution in [3.8, 4) is 0 Å². The van der Waals surface area contributed by atoms with Gasteiger partial charge < -0.3 is 20.7 Å². The van der Waals surface area contributed by atoms with Crippen molar-refractivity contribution in [2.24, 2.45) is 11.8 Å². The number of nitrogens with one attached hydrogen (secondary N) is 4. The van der Waals surface area contributed by atoms with Crippen LogP contribution in [0.1, 0.15) is 85.6 Å². The predicted molar refractivity (Wildman–Crippen MR) is 186 cm³/mol. The first-order valence-electron chi connectivity index (χ1n) is 16.5. The first-order chi connectivity index (χ1) is 21.7. The molecule has 4 N–H and O–H groups in total. The van der Waals surface area contributed by atoms with Crippen molar-refractivity contribution in [3.63, 3.8) is 0 Å². The average molecular weight is 653 g/mol. The van der Waals surface area contributed by atoms with Gasteiger partial charge in [0, 0.05) is 31.6 Å². The molecule has 1 saturated carbocycles. The molecular weight excluding hydrogens is 600 g/mol. The lowest BCUT2D eigenvalue weighted by atomic mass is 9.82. The Balaban J connectivity index is 1.21. The molecule has 10 nitrogen and oxygen atoms in total. The van der Waals surface area contributed by atoms with Crippen molar-refractivity contribution in [1.82, 2.24) is 20.0 Å². The number of fused-ring (bicyclic) bond motifs is 1. The first-order valence-corrected chi connectivity index (χ1v) is 18.0. The van der Waals surface area contributed by atoms with Gasteiger partial charge in [-0.05, 0) is 106 Å². The Hall–Kier alpha value is -3.44. The molecule has 252 valence electrons. The van der Waals surface area contributed by atoms with Crippen LogP contribution in [-0.4, -0.2) is 56.3 Å². The number of nitrogens with zero attached hydrogens (tertiary/aromatic N) is 2. The highest BCUT2D eigenvalue weighted by molar-refractivity contribution is 7.89. The van der Waals surface area contributed by atoms with Gasteiger partial charge in [0.05, 0.1) is 10.4 Å². The zero-order chi connectivity index (χ0) is 33.4. The standard InChI is InChI=1S/C35H52N6O4S/c1-34(2,3)27-17-19-28(20-18-27)46(43,44)39-24-26-15-13-25(14-16-26)23-38-32-40-30-12-8-7-11-29(30)31(41-32)36-21-9-10-22-37-33(42)45-35(4,5)6/h7-8,11-12,17-20,25-26,39H,9-10,13-16,21-24H2,1-6H3,(H,37,42)(H2,36,38,40,41). The minimum absolute atomic E-state index is 0.0205. The number of para-hydroxylation sites is 1. The van der Waals surface area contributed by atoms with Crippen LogP contribution in [0.15, 0.2) is 53.4 Å². The molecule has 2 aromatic carbocycles. The summed E-state index contributed by atoms with van der Waals surface area (Å²) in [6.07, 6.45) is 5.28. The van der Waals surface area contributed by atoms with Crippen molar-refractivity contribution in [1.29, 1.82) is 0 Å². The smallest absolute Gasteiger partial charge is 0.407 e. The molecule has 0 aliphatic heterocycles. The van der Waals surface area contributed by atoms with Crippen LogP contribution in [0.2, 0.25) is 0 Å². The van der Waals surface area contributed by atoms with E-state index in [4.69, 9.17) is 14.7 Å². The molecule has 0 unspecified atom stereocenters. The second-order valence-electron chi connectivity index (χ2n) is 14.4. The van der Waals surface area contributed by atoms with Crippen molar-refractivity contribution < 1.29 is 17.9 Å². The summed E-state index contributed by atoms with van der Waals surface area (Å²) in [5.41, 5.74) is 1.46. The maximum Gasteiger partial charge on any atom is 0.407 e. The Kier molecular flexibility index (Phi) is 11.9. The largest absolute Gasteiger partial charge is 0.444 e. The number of alkyl carbamates (subject to hydrolysis) is 1. The second kappa shape index (κ2) is 15.4. The Morgan fingerprint density at radius 2 is 1.46 bits per heavy atom. The third-order valence-corrected chi connectivity index (χ3v) is 9.71. The number of hydrogen-bond acceptors (Lipinski definition) is 8. The van der Waals surface area contributed by atoms with Crippen molar-refractivity contribution in [3.05, 3.63) is 54.1 Å². The van der Waals surface area contributed by atoms with Gasteiger partial charge in [0.1, 0.15) is 11.4 Å². The normalized spacial score (nSPS) is 17.4. The molecule has 1 heterocycles. The summed E-state index contributed by atoms with van der Waals surface area (Å²) in [7, 11) is -3.53. The molecule has 0 saturated heterocycles. The molecule has 1 amide bonds. The lowest BCUT2D eigenvalue weighted by molar-refractivity contribution is 0.0527. The third-order valence-electron chi connectivity index (χ3n) is 8.28. The van der Waals surface area contributed by atoms with E-state index in [1.807, 2.05) is 57.2 Å². The Morgan fingerprint density at radius 1 is 0.826 bits per heavy atom. The minimum atomic E-state index is -3.53. The van der Waals surface area contributed by atoms with Gasteiger partial charge in [0.15, 0.2) is 0 Å². The quantitative estimate of drug-likeness (QED) is 0.148. The Morgan fingerprint density at radius 3 is 2.11 bits per heavy atom. The van der Waals surface area contributed by atoms with Crippen molar-refractivity contribution >= 4 is 38.8 Å². The SMILES string of the molecule is CC(C)(C)OC(=O)NCCCCNc1nc(NCC2CCC(CNS(=O)(=O)c3ccc(C(C)(C)C)cc3)CC2)nc2ccccc12. The average Bonchev–Trinajstić information content (AvgIpc) is 3.00. The molecule has 4 rings (SSSR count). The molecule has 11 heteroatoms. The summed E-state index contributed by atoms with van der Waals surface area (Å²) in [5.74, 6) is 2.19. The van der Waals surface area contributed by atoms with E-state index in [9.17, 15) is 13.2 Å². The van der Waals surface area contributed by atoms with Gasteiger partial charge in [0.25, 0.3) is 0 Å². The molecule has 46 heavy (non-hydrogen) atoms. The van der Waals surface area contributed by atoms with E-state index in [1.54, 1.807) is 12.1 Å². The number of unbranched alkanes of at least 4 members (excludes halogenated alkanes) is 1. The van der Waals surface area contributed by atoms with Crippen LogP contribution in [0.25, 0.3) is 10.9 Å². The minimum Gasteiger partial charge on any atom is -0.444 e. The van der Waals surface area contributed by atoms with Crippen LogP contribution in [0, 0.1) is 11.8 Å². The third kappa shape index (κ3) is 10.8. The van der Waals surface area contributed by atoms with Gasteiger partial charge in [-0.1, -0.05) is 45.0 Å². The Labute approximate surface area is 275 Å². The topological polar surface area (TPSA) is 134 Å². The molecule has 1 aromatic heterocycles. The number of carbonyl (C=O) groups excluding carboxylic acids is 1. The maximum atomic E-state index is 12.9. The summed E-state index contributed by atoms with van der Waals surface area (Å²) in [6.45, 7) is 14.4. The number of aromatic nitrogens is 2.